The van der Waals surface area contributed by atoms with Gasteiger partial charge in [0.05, 0.1) is 12.2 Å². The van der Waals surface area contributed by atoms with Gasteiger partial charge in [-0.25, -0.2) is 4.39 Å². The van der Waals surface area contributed by atoms with Crippen LogP contribution in [0.5, 0.6) is 0 Å². The molecule has 0 bridgehead atoms. The second-order valence-electron chi connectivity index (χ2n) is 6.36. The van der Waals surface area contributed by atoms with Crippen LogP contribution < -0.4 is 10.6 Å². The first kappa shape index (κ1) is 21.3. The van der Waals surface area contributed by atoms with Gasteiger partial charge in [-0.2, -0.15) is 11.8 Å². The molecule has 2 rings (SSSR count). The summed E-state index contributed by atoms with van der Waals surface area (Å²) in [6, 6.07) is 6.91. The van der Waals surface area contributed by atoms with Gasteiger partial charge in [-0.15, -0.1) is 0 Å². The lowest BCUT2D eigenvalue weighted by Crippen LogP contribution is -2.36. The van der Waals surface area contributed by atoms with Gasteiger partial charge in [-0.05, 0) is 42.4 Å². The largest absolute Gasteiger partial charge is 0.359 e. The molecule has 1 aromatic carbocycles. The van der Waals surface area contributed by atoms with Crippen molar-refractivity contribution in [2.75, 3.05) is 13.3 Å². The minimum Gasteiger partial charge on any atom is -0.359 e. The standard InChI is InChI=1S/C20H29FN4OS/c1-5-14(6-2)19-10-18(26-25-19)12-24-20(22-3)23-11-15-7-8-17(21)9-16(15)13-27-4/h7-10,14H,5-6,11-13H2,1-4H3,(H2,22,23,24). The van der Waals surface area contributed by atoms with E-state index < -0.39 is 0 Å². The van der Waals surface area contributed by atoms with Gasteiger partial charge >= 0.3 is 0 Å². The highest BCUT2D eigenvalue weighted by Crippen LogP contribution is 2.22. The molecule has 1 heterocycles. The Hall–Kier alpha value is -2.02. The number of hydrogen-bond acceptors (Lipinski definition) is 4. The van der Waals surface area contributed by atoms with E-state index in [0.717, 1.165) is 41.2 Å². The summed E-state index contributed by atoms with van der Waals surface area (Å²) in [5.74, 6) is 2.45. The molecule has 2 N–H and O–H groups in total. The fourth-order valence-corrected chi connectivity index (χ4v) is 3.52. The Morgan fingerprint density at radius 2 is 1.93 bits per heavy atom. The highest BCUT2D eigenvalue weighted by molar-refractivity contribution is 7.97. The van der Waals surface area contributed by atoms with Gasteiger partial charge in [-0.1, -0.05) is 25.1 Å². The first-order chi connectivity index (χ1) is 13.1. The summed E-state index contributed by atoms with van der Waals surface area (Å²) < 4.78 is 18.9. The maximum atomic E-state index is 13.5. The highest BCUT2D eigenvalue weighted by atomic mass is 32.2. The number of halogens is 1. The molecule has 0 fully saturated rings. The van der Waals surface area contributed by atoms with Gasteiger partial charge in [0.2, 0.25) is 0 Å². The zero-order chi connectivity index (χ0) is 19.6. The number of nitrogens with zero attached hydrogens (tertiary/aromatic N) is 2. The van der Waals surface area contributed by atoms with E-state index in [1.54, 1.807) is 24.9 Å². The van der Waals surface area contributed by atoms with Crippen molar-refractivity contribution in [1.29, 1.82) is 0 Å². The minimum absolute atomic E-state index is 0.205. The van der Waals surface area contributed by atoms with Crippen molar-refractivity contribution in [1.82, 2.24) is 15.8 Å². The molecule has 0 saturated carbocycles. The molecule has 0 aliphatic heterocycles. The Morgan fingerprint density at radius 3 is 2.59 bits per heavy atom. The Bertz CT molecular complexity index is 743. The van der Waals surface area contributed by atoms with Crippen LogP contribution in [-0.4, -0.2) is 24.4 Å². The fraction of sp³-hybridized carbons (Fsp3) is 0.500. The normalized spacial score (nSPS) is 11.9. The van der Waals surface area contributed by atoms with Crippen LogP contribution in [0.15, 0.2) is 33.8 Å². The number of aromatic nitrogens is 1. The van der Waals surface area contributed by atoms with E-state index in [1.165, 1.54) is 6.07 Å². The summed E-state index contributed by atoms with van der Waals surface area (Å²) in [4.78, 5) is 4.24. The van der Waals surface area contributed by atoms with Crippen LogP contribution in [0.1, 0.15) is 55.2 Å². The number of nitrogens with one attached hydrogen (secondary N) is 2. The Morgan fingerprint density at radius 1 is 1.19 bits per heavy atom. The van der Waals surface area contributed by atoms with Crippen molar-refractivity contribution in [3.8, 4) is 0 Å². The van der Waals surface area contributed by atoms with E-state index in [1.807, 2.05) is 18.4 Å². The Balaban J connectivity index is 1.92. The average molecular weight is 393 g/mol. The number of benzene rings is 1. The first-order valence-electron chi connectivity index (χ1n) is 9.27. The quantitative estimate of drug-likeness (QED) is 0.488. The molecule has 1 aromatic heterocycles. The number of hydrogen-bond donors (Lipinski definition) is 2. The topological polar surface area (TPSA) is 62.5 Å². The predicted molar refractivity (Wildman–Crippen MR) is 110 cm³/mol. The van der Waals surface area contributed by atoms with Crippen molar-refractivity contribution < 1.29 is 8.91 Å². The average Bonchev–Trinajstić information content (AvgIpc) is 3.13. The summed E-state index contributed by atoms with van der Waals surface area (Å²) in [7, 11) is 1.72. The van der Waals surface area contributed by atoms with E-state index >= 15 is 0 Å². The maximum absolute atomic E-state index is 13.5. The monoisotopic (exact) mass is 392 g/mol. The molecule has 0 saturated heterocycles. The highest BCUT2D eigenvalue weighted by Gasteiger charge is 2.13. The van der Waals surface area contributed by atoms with E-state index in [0.29, 0.717) is 25.0 Å². The van der Waals surface area contributed by atoms with Crippen LogP contribution in [0.4, 0.5) is 4.39 Å². The van der Waals surface area contributed by atoms with Crippen molar-refractivity contribution in [3.05, 3.63) is 52.7 Å². The van der Waals surface area contributed by atoms with Crippen LogP contribution in [-0.2, 0) is 18.8 Å². The Kier molecular flexibility index (Phi) is 8.64. The van der Waals surface area contributed by atoms with Gasteiger partial charge < -0.3 is 15.2 Å². The molecule has 5 nitrogen and oxygen atoms in total. The molecule has 2 aromatic rings. The fourth-order valence-electron chi connectivity index (χ4n) is 2.94. The molecule has 148 valence electrons. The SMILES string of the molecule is CCC(CC)c1cc(CNC(=NC)NCc2ccc(F)cc2CSC)on1. The maximum Gasteiger partial charge on any atom is 0.191 e. The van der Waals surface area contributed by atoms with Gasteiger partial charge in [0.25, 0.3) is 0 Å². The minimum atomic E-state index is -0.205. The van der Waals surface area contributed by atoms with Crippen molar-refractivity contribution in [2.45, 2.75) is 51.4 Å². The second kappa shape index (κ2) is 11.0. The molecular formula is C20H29FN4OS. The first-order valence-corrected chi connectivity index (χ1v) is 10.7. The number of thioether (sulfide) groups is 1. The van der Waals surface area contributed by atoms with Crippen molar-refractivity contribution in [2.24, 2.45) is 4.99 Å². The van der Waals surface area contributed by atoms with Crippen LogP contribution in [0.3, 0.4) is 0 Å². The van der Waals surface area contributed by atoms with Gasteiger partial charge in [-0.3, -0.25) is 4.99 Å². The summed E-state index contributed by atoms with van der Waals surface area (Å²) in [6.07, 6.45) is 4.11. The van der Waals surface area contributed by atoms with Gasteiger partial charge in [0, 0.05) is 31.3 Å². The molecule has 0 aliphatic rings. The number of aliphatic imine (C=N–C) groups is 1. The molecule has 0 amide bonds. The number of guanidine groups is 1. The van der Waals surface area contributed by atoms with E-state index in [2.05, 4.69) is 34.6 Å². The second-order valence-corrected chi connectivity index (χ2v) is 7.22. The van der Waals surface area contributed by atoms with Crippen molar-refractivity contribution >= 4 is 17.7 Å². The Labute approximate surface area is 165 Å². The summed E-state index contributed by atoms with van der Waals surface area (Å²) in [6.45, 7) is 5.40. The molecule has 0 atom stereocenters. The van der Waals surface area contributed by atoms with Gasteiger partial charge in [0.1, 0.15) is 5.82 Å². The third-order valence-electron chi connectivity index (χ3n) is 4.55. The number of rotatable bonds is 9. The van der Waals surface area contributed by atoms with E-state index in [9.17, 15) is 4.39 Å². The van der Waals surface area contributed by atoms with E-state index in [-0.39, 0.29) is 5.82 Å². The van der Waals surface area contributed by atoms with Crippen molar-refractivity contribution in [3.63, 3.8) is 0 Å². The molecular weight excluding hydrogens is 363 g/mol. The van der Waals surface area contributed by atoms with E-state index in [4.69, 9.17) is 4.52 Å². The predicted octanol–water partition coefficient (Wildman–Crippen LogP) is 4.45. The lowest BCUT2D eigenvalue weighted by Gasteiger charge is -2.13. The summed E-state index contributed by atoms with van der Waals surface area (Å²) in [5, 5.41) is 10.7. The van der Waals surface area contributed by atoms with Crippen LogP contribution in [0.2, 0.25) is 0 Å². The van der Waals surface area contributed by atoms with Crippen LogP contribution in [0, 0.1) is 5.82 Å². The lowest BCUT2D eigenvalue weighted by molar-refractivity contribution is 0.368. The molecule has 27 heavy (non-hydrogen) atoms. The molecule has 0 spiro atoms. The van der Waals surface area contributed by atoms with Crippen LogP contribution in [0.25, 0.3) is 0 Å². The molecule has 0 unspecified atom stereocenters. The zero-order valence-corrected chi connectivity index (χ0v) is 17.3. The smallest absolute Gasteiger partial charge is 0.191 e. The molecule has 0 aliphatic carbocycles. The molecule has 7 heteroatoms. The third kappa shape index (κ3) is 6.27. The summed E-state index contributed by atoms with van der Waals surface area (Å²) in [5.41, 5.74) is 3.06. The zero-order valence-electron chi connectivity index (χ0n) is 16.5. The van der Waals surface area contributed by atoms with Crippen LogP contribution >= 0.6 is 11.8 Å². The lowest BCUT2D eigenvalue weighted by atomic mass is 9.99. The van der Waals surface area contributed by atoms with Gasteiger partial charge in [0.15, 0.2) is 11.7 Å². The summed E-state index contributed by atoms with van der Waals surface area (Å²) >= 11 is 1.67. The third-order valence-corrected chi connectivity index (χ3v) is 5.15. The molecule has 0 radical (unpaired) electrons.